The highest BCUT2D eigenvalue weighted by molar-refractivity contribution is 6.04. The number of hydrogen-bond acceptors (Lipinski definition) is 3. The van der Waals surface area contributed by atoms with E-state index in [0.29, 0.717) is 5.69 Å². The molecule has 0 bridgehead atoms. The molecule has 0 aliphatic carbocycles. The summed E-state index contributed by atoms with van der Waals surface area (Å²) in [7, 11) is 3.60. The summed E-state index contributed by atoms with van der Waals surface area (Å²) >= 11 is 0. The Balaban J connectivity index is 2.34. The molecule has 0 aliphatic rings. The van der Waals surface area contributed by atoms with Crippen LogP contribution in [0.2, 0.25) is 0 Å². The number of hydrogen-bond donors (Lipinski definition) is 0. The summed E-state index contributed by atoms with van der Waals surface area (Å²) in [5.74, 6) is -0.0597. The van der Waals surface area contributed by atoms with Crippen molar-refractivity contribution in [2.24, 2.45) is 7.05 Å². The van der Waals surface area contributed by atoms with Crippen molar-refractivity contribution in [3.05, 3.63) is 29.8 Å². The standard InChI is InChI=1S/C15H23N5O/c1-6-12(7-2)20-14(8-11(3)17-20)15(21)19(5)13-9-16-18(4)10-13/h8-10,12H,6-7H2,1-5H3. The van der Waals surface area contributed by atoms with Gasteiger partial charge in [-0.05, 0) is 25.8 Å². The summed E-state index contributed by atoms with van der Waals surface area (Å²) in [6, 6.07) is 2.10. The summed E-state index contributed by atoms with van der Waals surface area (Å²) < 4.78 is 3.55. The fourth-order valence-electron chi connectivity index (χ4n) is 2.46. The second kappa shape index (κ2) is 6.11. The monoisotopic (exact) mass is 289 g/mol. The molecule has 0 saturated heterocycles. The van der Waals surface area contributed by atoms with E-state index in [9.17, 15) is 4.79 Å². The van der Waals surface area contributed by atoms with E-state index in [2.05, 4.69) is 24.0 Å². The molecule has 0 aliphatic heterocycles. The first kappa shape index (κ1) is 15.3. The largest absolute Gasteiger partial charge is 0.307 e. The van der Waals surface area contributed by atoms with E-state index in [1.54, 1.807) is 22.8 Å². The highest BCUT2D eigenvalue weighted by Gasteiger charge is 2.22. The van der Waals surface area contributed by atoms with Gasteiger partial charge in [0.15, 0.2) is 0 Å². The molecule has 6 nitrogen and oxygen atoms in total. The highest BCUT2D eigenvalue weighted by atomic mass is 16.2. The second-order valence-electron chi connectivity index (χ2n) is 5.32. The zero-order valence-corrected chi connectivity index (χ0v) is 13.4. The number of amides is 1. The molecule has 2 rings (SSSR count). The van der Waals surface area contributed by atoms with Crippen LogP contribution in [0.1, 0.15) is 48.9 Å². The van der Waals surface area contributed by atoms with Gasteiger partial charge in [0.25, 0.3) is 5.91 Å². The first-order chi connectivity index (χ1) is 9.97. The summed E-state index contributed by atoms with van der Waals surface area (Å²) in [6.07, 6.45) is 5.41. The van der Waals surface area contributed by atoms with Crippen molar-refractivity contribution in [2.45, 2.75) is 39.7 Å². The van der Waals surface area contributed by atoms with Crippen molar-refractivity contribution in [2.75, 3.05) is 11.9 Å². The van der Waals surface area contributed by atoms with Gasteiger partial charge in [0.05, 0.1) is 23.6 Å². The third-order valence-electron chi connectivity index (χ3n) is 3.75. The Hall–Kier alpha value is -2.11. The maximum atomic E-state index is 12.8. The van der Waals surface area contributed by atoms with E-state index in [1.165, 1.54) is 0 Å². The van der Waals surface area contributed by atoms with Crippen molar-refractivity contribution in [3.8, 4) is 0 Å². The molecular weight excluding hydrogens is 266 g/mol. The van der Waals surface area contributed by atoms with Crippen molar-refractivity contribution in [3.63, 3.8) is 0 Å². The lowest BCUT2D eigenvalue weighted by molar-refractivity contribution is 0.0979. The lowest BCUT2D eigenvalue weighted by atomic mass is 10.1. The maximum absolute atomic E-state index is 12.8. The summed E-state index contributed by atoms with van der Waals surface area (Å²) in [4.78, 5) is 14.4. The molecule has 1 amide bonds. The van der Waals surface area contributed by atoms with Gasteiger partial charge in [-0.25, -0.2) is 0 Å². The molecule has 2 heterocycles. The van der Waals surface area contributed by atoms with Crippen LogP contribution in [0, 0.1) is 6.92 Å². The molecule has 0 aromatic carbocycles. The van der Waals surface area contributed by atoms with Crippen LogP contribution in [0.3, 0.4) is 0 Å². The molecular formula is C15H23N5O. The van der Waals surface area contributed by atoms with Gasteiger partial charge >= 0.3 is 0 Å². The number of anilines is 1. The predicted octanol–water partition coefficient (Wildman–Crippen LogP) is 2.56. The average Bonchev–Trinajstić information content (AvgIpc) is 3.05. The number of carbonyl (C=O) groups excluding carboxylic acids is 1. The topological polar surface area (TPSA) is 56.0 Å². The Morgan fingerprint density at radius 3 is 2.57 bits per heavy atom. The van der Waals surface area contributed by atoms with Gasteiger partial charge in [-0.2, -0.15) is 10.2 Å². The Morgan fingerprint density at radius 1 is 1.38 bits per heavy atom. The fraction of sp³-hybridized carbons (Fsp3) is 0.533. The van der Waals surface area contributed by atoms with E-state index in [4.69, 9.17) is 0 Å². The van der Waals surface area contributed by atoms with Crippen molar-refractivity contribution in [1.82, 2.24) is 19.6 Å². The normalized spacial score (nSPS) is 11.1. The fourth-order valence-corrected chi connectivity index (χ4v) is 2.46. The van der Waals surface area contributed by atoms with Crippen LogP contribution in [0.15, 0.2) is 18.5 Å². The number of aryl methyl sites for hydroxylation is 2. The molecule has 0 spiro atoms. The summed E-state index contributed by atoms with van der Waals surface area (Å²) in [5, 5.41) is 8.61. The van der Waals surface area contributed by atoms with Crippen LogP contribution in [-0.2, 0) is 7.05 Å². The van der Waals surface area contributed by atoms with Gasteiger partial charge < -0.3 is 4.90 Å². The minimum atomic E-state index is -0.0597. The van der Waals surface area contributed by atoms with Crippen LogP contribution < -0.4 is 4.90 Å². The van der Waals surface area contributed by atoms with Gasteiger partial charge in [-0.15, -0.1) is 0 Å². The molecule has 0 saturated carbocycles. The predicted molar refractivity (Wildman–Crippen MR) is 82.5 cm³/mol. The Kier molecular flexibility index (Phi) is 4.45. The van der Waals surface area contributed by atoms with E-state index in [0.717, 1.165) is 24.2 Å². The lowest BCUT2D eigenvalue weighted by Gasteiger charge is -2.19. The second-order valence-corrected chi connectivity index (χ2v) is 5.32. The molecule has 0 atom stereocenters. The quantitative estimate of drug-likeness (QED) is 0.850. The minimum Gasteiger partial charge on any atom is -0.307 e. The molecule has 0 fully saturated rings. The highest BCUT2D eigenvalue weighted by Crippen LogP contribution is 2.21. The number of rotatable bonds is 5. The molecule has 6 heteroatoms. The van der Waals surface area contributed by atoms with Gasteiger partial charge in [-0.1, -0.05) is 13.8 Å². The SMILES string of the molecule is CCC(CC)n1nc(C)cc1C(=O)N(C)c1cnn(C)c1. The number of aromatic nitrogens is 4. The van der Waals surface area contributed by atoms with E-state index in [1.807, 2.05) is 30.9 Å². The summed E-state index contributed by atoms with van der Waals surface area (Å²) in [6.45, 7) is 6.15. The minimum absolute atomic E-state index is 0.0597. The van der Waals surface area contributed by atoms with Gasteiger partial charge in [0.2, 0.25) is 0 Å². The Morgan fingerprint density at radius 2 is 2.05 bits per heavy atom. The Labute approximate surface area is 125 Å². The van der Waals surface area contributed by atoms with E-state index < -0.39 is 0 Å². The van der Waals surface area contributed by atoms with Gasteiger partial charge in [0, 0.05) is 20.3 Å². The van der Waals surface area contributed by atoms with Crippen LogP contribution >= 0.6 is 0 Å². The zero-order valence-electron chi connectivity index (χ0n) is 13.4. The van der Waals surface area contributed by atoms with Gasteiger partial charge in [-0.3, -0.25) is 14.2 Å². The maximum Gasteiger partial charge on any atom is 0.276 e. The van der Waals surface area contributed by atoms with Crippen LogP contribution in [0.25, 0.3) is 0 Å². The average molecular weight is 289 g/mol. The third kappa shape index (κ3) is 2.99. The van der Waals surface area contributed by atoms with Crippen molar-refractivity contribution in [1.29, 1.82) is 0 Å². The van der Waals surface area contributed by atoms with Gasteiger partial charge in [0.1, 0.15) is 5.69 Å². The first-order valence-corrected chi connectivity index (χ1v) is 7.30. The molecule has 0 unspecified atom stereocenters. The van der Waals surface area contributed by atoms with Crippen molar-refractivity contribution >= 4 is 11.6 Å². The Bertz CT molecular complexity index is 624. The number of nitrogens with zero attached hydrogens (tertiary/aromatic N) is 5. The van der Waals surface area contributed by atoms with E-state index in [-0.39, 0.29) is 11.9 Å². The van der Waals surface area contributed by atoms with Crippen LogP contribution in [0.4, 0.5) is 5.69 Å². The molecule has 21 heavy (non-hydrogen) atoms. The molecule has 2 aromatic rings. The molecule has 2 aromatic heterocycles. The molecule has 114 valence electrons. The van der Waals surface area contributed by atoms with Crippen molar-refractivity contribution < 1.29 is 4.79 Å². The summed E-state index contributed by atoms with van der Waals surface area (Å²) in [5.41, 5.74) is 2.27. The number of carbonyl (C=O) groups is 1. The zero-order chi connectivity index (χ0) is 15.6. The lowest BCUT2D eigenvalue weighted by Crippen LogP contribution is -2.29. The first-order valence-electron chi connectivity index (χ1n) is 7.30. The van der Waals surface area contributed by atoms with Crippen LogP contribution in [-0.4, -0.2) is 32.5 Å². The molecule has 0 N–H and O–H groups in total. The van der Waals surface area contributed by atoms with Crippen LogP contribution in [0.5, 0.6) is 0 Å². The van der Waals surface area contributed by atoms with E-state index >= 15 is 0 Å². The smallest absolute Gasteiger partial charge is 0.276 e. The third-order valence-corrected chi connectivity index (χ3v) is 3.75. The molecule has 0 radical (unpaired) electrons.